The third kappa shape index (κ3) is 4.88. The Morgan fingerprint density at radius 3 is 2.61 bits per heavy atom. The second kappa shape index (κ2) is 9.75. The number of halogens is 4. The number of anilines is 1. The number of carbonyl (C=O) groups is 1. The summed E-state index contributed by atoms with van der Waals surface area (Å²) in [7, 11) is 2.61. The van der Waals surface area contributed by atoms with Gasteiger partial charge in [-0.3, -0.25) is 4.79 Å². The van der Waals surface area contributed by atoms with Crippen molar-refractivity contribution >= 4 is 29.6 Å². The highest BCUT2D eigenvalue weighted by Gasteiger charge is 2.45. The van der Waals surface area contributed by atoms with Crippen molar-refractivity contribution < 1.29 is 27.4 Å². The Balaban J connectivity index is 0.00000306. The molecule has 0 saturated carbocycles. The molecule has 2 aliphatic heterocycles. The van der Waals surface area contributed by atoms with E-state index >= 15 is 0 Å². The summed E-state index contributed by atoms with van der Waals surface area (Å²) in [6.45, 7) is 1.17. The van der Waals surface area contributed by atoms with Crippen molar-refractivity contribution in [1.29, 1.82) is 0 Å². The number of nitrogens with zero attached hydrogens (tertiary/aromatic N) is 1. The lowest BCUT2D eigenvalue weighted by molar-refractivity contribution is -0.170. The average Bonchev–Trinajstić information content (AvgIpc) is 3.21. The Labute approximate surface area is 197 Å². The van der Waals surface area contributed by atoms with Gasteiger partial charge in [-0.2, -0.15) is 13.2 Å². The maximum Gasteiger partial charge on any atom is 0.471 e. The molecule has 1 amide bonds. The van der Waals surface area contributed by atoms with Gasteiger partial charge in [-0.15, -0.1) is 12.4 Å². The third-order valence-electron chi connectivity index (χ3n) is 6.09. The molecule has 178 valence electrons. The third-order valence-corrected chi connectivity index (χ3v) is 6.09. The monoisotopic (exact) mass is 482 g/mol. The fourth-order valence-electron chi connectivity index (χ4n) is 4.49. The first-order valence-electron chi connectivity index (χ1n) is 10.4. The van der Waals surface area contributed by atoms with Crippen LogP contribution in [-0.4, -0.2) is 45.0 Å². The van der Waals surface area contributed by atoms with Crippen LogP contribution in [0.2, 0.25) is 0 Å². The molecule has 2 aromatic carbocycles. The Morgan fingerprint density at radius 2 is 1.94 bits per heavy atom. The van der Waals surface area contributed by atoms with Crippen LogP contribution in [0, 0.1) is 0 Å². The number of amides is 1. The van der Waals surface area contributed by atoms with Crippen LogP contribution in [0.25, 0.3) is 5.57 Å². The van der Waals surface area contributed by atoms with Gasteiger partial charge in [-0.05, 0) is 54.8 Å². The van der Waals surface area contributed by atoms with Gasteiger partial charge < -0.3 is 19.7 Å². The van der Waals surface area contributed by atoms with E-state index in [0.29, 0.717) is 22.8 Å². The summed E-state index contributed by atoms with van der Waals surface area (Å²) in [5, 5.41) is 3.55. The molecule has 33 heavy (non-hydrogen) atoms. The van der Waals surface area contributed by atoms with E-state index in [0.717, 1.165) is 37.6 Å². The molecule has 1 fully saturated rings. The quantitative estimate of drug-likeness (QED) is 0.672. The summed E-state index contributed by atoms with van der Waals surface area (Å²) >= 11 is 0. The van der Waals surface area contributed by atoms with E-state index < -0.39 is 17.7 Å². The summed E-state index contributed by atoms with van der Waals surface area (Å²) in [6.07, 6.45) is -1.14. The van der Waals surface area contributed by atoms with Crippen molar-refractivity contribution in [1.82, 2.24) is 5.32 Å². The second-order valence-electron chi connectivity index (χ2n) is 8.06. The molecule has 2 aromatic rings. The van der Waals surface area contributed by atoms with E-state index in [1.54, 1.807) is 12.1 Å². The zero-order valence-corrected chi connectivity index (χ0v) is 19.1. The summed E-state index contributed by atoms with van der Waals surface area (Å²) in [6, 6.07) is 14.6. The molecular weight excluding hydrogens is 457 g/mol. The molecule has 0 radical (unpaired) electrons. The highest BCUT2D eigenvalue weighted by molar-refractivity contribution is 5.97. The van der Waals surface area contributed by atoms with Crippen LogP contribution in [0.5, 0.6) is 5.75 Å². The molecule has 9 heteroatoms. The molecule has 0 aromatic heterocycles. The predicted molar refractivity (Wildman–Crippen MR) is 123 cm³/mol. The van der Waals surface area contributed by atoms with Crippen molar-refractivity contribution in [3.63, 3.8) is 0 Å². The molecule has 1 spiro atoms. The number of rotatable bonds is 4. The minimum absolute atomic E-state index is 0. The van der Waals surface area contributed by atoms with Crippen LogP contribution >= 0.6 is 12.4 Å². The lowest BCUT2D eigenvalue weighted by Gasteiger charge is -2.40. The summed E-state index contributed by atoms with van der Waals surface area (Å²) in [5.41, 5.74) is 2.11. The SMILES string of the molecule is COc1ccc(N(C)C(=O)C(F)(F)F)cc1C1=C[C@@]2(CCCN[C@H]2c2ccccc2)OC1.Cl. The van der Waals surface area contributed by atoms with Crippen LogP contribution < -0.4 is 15.0 Å². The smallest absolute Gasteiger partial charge is 0.471 e. The molecule has 0 aliphatic carbocycles. The fraction of sp³-hybridized carbons (Fsp3) is 0.375. The minimum Gasteiger partial charge on any atom is -0.496 e. The lowest BCUT2D eigenvalue weighted by atomic mass is 9.81. The summed E-state index contributed by atoms with van der Waals surface area (Å²) in [4.78, 5) is 12.3. The Morgan fingerprint density at radius 1 is 1.21 bits per heavy atom. The van der Waals surface area contributed by atoms with Gasteiger partial charge in [0.25, 0.3) is 0 Å². The van der Waals surface area contributed by atoms with Crippen LogP contribution in [0.3, 0.4) is 0 Å². The molecule has 1 saturated heterocycles. The first-order valence-corrected chi connectivity index (χ1v) is 10.4. The van der Waals surface area contributed by atoms with Gasteiger partial charge in [0.05, 0.1) is 19.8 Å². The second-order valence-corrected chi connectivity index (χ2v) is 8.06. The highest BCUT2D eigenvalue weighted by Crippen LogP contribution is 2.45. The first kappa shape index (κ1) is 25.1. The van der Waals surface area contributed by atoms with E-state index in [1.807, 2.05) is 18.2 Å². The Bertz CT molecular complexity index is 1030. The number of alkyl halides is 3. The molecule has 0 bridgehead atoms. The molecule has 0 unspecified atom stereocenters. The zero-order chi connectivity index (χ0) is 22.9. The molecule has 2 heterocycles. The number of methoxy groups -OCH3 is 1. The average molecular weight is 483 g/mol. The van der Waals surface area contributed by atoms with Gasteiger partial charge >= 0.3 is 12.1 Å². The molecule has 2 atom stereocenters. The van der Waals surface area contributed by atoms with Gasteiger partial charge in [0.15, 0.2) is 0 Å². The number of hydrogen-bond donors (Lipinski definition) is 1. The van der Waals surface area contributed by atoms with Crippen molar-refractivity contribution in [2.75, 3.05) is 32.2 Å². The normalized spacial score (nSPS) is 22.5. The summed E-state index contributed by atoms with van der Waals surface area (Å²) in [5.74, 6) is -1.42. The van der Waals surface area contributed by atoms with E-state index in [-0.39, 0.29) is 24.1 Å². The van der Waals surface area contributed by atoms with Crippen LogP contribution in [-0.2, 0) is 9.53 Å². The largest absolute Gasteiger partial charge is 0.496 e. The highest BCUT2D eigenvalue weighted by atomic mass is 35.5. The first-order chi connectivity index (χ1) is 15.2. The number of carbonyl (C=O) groups excluding carboxylic acids is 1. The van der Waals surface area contributed by atoms with E-state index in [1.165, 1.54) is 13.2 Å². The molecule has 2 aliphatic rings. The maximum absolute atomic E-state index is 12.9. The van der Waals surface area contributed by atoms with E-state index in [9.17, 15) is 18.0 Å². The number of ether oxygens (including phenoxy) is 2. The van der Waals surface area contributed by atoms with Crippen molar-refractivity contribution in [3.05, 3.63) is 65.7 Å². The van der Waals surface area contributed by atoms with Crippen molar-refractivity contribution in [2.24, 2.45) is 0 Å². The Kier molecular flexibility index (Phi) is 7.41. The van der Waals surface area contributed by atoms with Gasteiger partial charge in [0.1, 0.15) is 11.4 Å². The topological polar surface area (TPSA) is 50.8 Å². The van der Waals surface area contributed by atoms with Crippen molar-refractivity contribution in [2.45, 2.75) is 30.7 Å². The maximum atomic E-state index is 12.9. The molecule has 1 N–H and O–H groups in total. The van der Waals surface area contributed by atoms with Gasteiger partial charge in [0, 0.05) is 18.3 Å². The van der Waals surface area contributed by atoms with E-state index in [2.05, 4.69) is 23.5 Å². The minimum atomic E-state index is -4.95. The zero-order valence-electron chi connectivity index (χ0n) is 18.3. The van der Waals surface area contributed by atoms with Crippen LogP contribution in [0.1, 0.15) is 30.0 Å². The molecule has 4 rings (SSSR count). The predicted octanol–water partition coefficient (Wildman–Crippen LogP) is 4.92. The van der Waals surface area contributed by atoms with Gasteiger partial charge in [0.2, 0.25) is 0 Å². The lowest BCUT2D eigenvalue weighted by Crippen LogP contribution is -2.47. The number of piperidine rings is 1. The van der Waals surface area contributed by atoms with E-state index in [4.69, 9.17) is 9.47 Å². The molecule has 5 nitrogen and oxygen atoms in total. The van der Waals surface area contributed by atoms with Gasteiger partial charge in [-0.25, -0.2) is 0 Å². The number of benzene rings is 2. The van der Waals surface area contributed by atoms with Crippen molar-refractivity contribution in [3.8, 4) is 5.75 Å². The Hall–Kier alpha value is -2.55. The van der Waals surface area contributed by atoms with Gasteiger partial charge in [-0.1, -0.05) is 30.3 Å². The number of hydrogen-bond acceptors (Lipinski definition) is 4. The van der Waals surface area contributed by atoms with Crippen LogP contribution in [0.15, 0.2) is 54.6 Å². The number of nitrogens with one attached hydrogen (secondary N) is 1. The standard InChI is InChI=1S/C24H25F3N2O3.ClH/c1-29(22(30)24(25,26)27)18-9-10-20(31-2)19(13-18)17-14-23(32-15-17)11-6-12-28-21(23)16-7-4-3-5-8-16;/h3-5,7-10,13-14,21,28H,6,11-12,15H2,1-2H3;1H/t21-,23+;/m0./s1. The summed E-state index contributed by atoms with van der Waals surface area (Å²) < 4.78 is 50.6. The fourth-order valence-corrected chi connectivity index (χ4v) is 4.49. The molecular formula is C24H26ClF3N2O3. The van der Waals surface area contributed by atoms with Crippen LogP contribution in [0.4, 0.5) is 18.9 Å².